The maximum Gasteiger partial charge on any atom is 0.139 e. The molecular formula is C16H18F2N2S. The Kier molecular flexibility index (Phi) is 4.19. The van der Waals surface area contributed by atoms with Gasteiger partial charge in [-0.05, 0) is 50.7 Å². The normalized spacial score (nSPS) is 29.1. The molecule has 0 aliphatic heterocycles. The molecule has 2 saturated carbocycles. The van der Waals surface area contributed by atoms with Crippen LogP contribution in [-0.2, 0) is 0 Å². The third kappa shape index (κ3) is 3.56. The molecule has 0 amide bonds. The number of nitrogens with one attached hydrogen (secondary N) is 1. The standard InChI is InChI=1S/C16H18F2N2S/c17-11-3-6-15(14(18)8-11)21-13-2-1-7-16(9-13,10-19)20-12-4-5-12/h3,6,8,12-13,20H,1-2,4-5,7,9H2. The van der Waals surface area contributed by atoms with E-state index in [2.05, 4.69) is 11.4 Å². The van der Waals surface area contributed by atoms with Crippen molar-refractivity contribution in [3.05, 3.63) is 29.8 Å². The van der Waals surface area contributed by atoms with E-state index in [1.54, 1.807) is 0 Å². The van der Waals surface area contributed by atoms with Gasteiger partial charge in [-0.3, -0.25) is 5.32 Å². The zero-order valence-electron chi connectivity index (χ0n) is 11.7. The van der Waals surface area contributed by atoms with Gasteiger partial charge in [-0.15, -0.1) is 11.8 Å². The lowest BCUT2D eigenvalue weighted by Gasteiger charge is -2.36. The third-order valence-corrected chi connectivity index (χ3v) is 5.49. The molecule has 0 aromatic heterocycles. The molecule has 112 valence electrons. The summed E-state index contributed by atoms with van der Waals surface area (Å²) in [5.74, 6) is -1.06. The van der Waals surface area contributed by atoms with Gasteiger partial charge in [0.2, 0.25) is 0 Å². The lowest BCUT2D eigenvalue weighted by molar-refractivity contribution is 0.301. The predicted molar refractivity (Wildman–Crippen MR) is 79.0 cm³/mol. The van der Waals surface area contributed by atoms with Crippen molar-refractivity contribution in [1.29, 1.82) is 5.26 Å². The van der Waals surface area contributed by atoms with Gasteiger partial charge in [0.1, 0.15) is 17.2 Å². The van der Waals surface area contributed by atoms with Gasteiger partial charge in [0.25, 0.3) is 0 Å². The van der Waals surface area contributed by atoms with Crippen molar-refractivity contribution in [2.45, 2.75) is 60.3 Å². The second-order valence-electron chi connectivity index (χ2n) is 6.02. The molecule has 0 spiro atoms. The maximum absolute atomic E-state index is 13.8. The predicted octanol–water partition coefficient (Wildman–Crippen LogP) is 4.01. The number of thioether (sulfide) groups is 1. The zero-order valence-corrected chi connectivity index (χ0v) is 12.6. The first-order valence-electron chi connectivity index (χ1n) is 7.41. The van der Waals surface area contributed by atoms with Crippen molar-refractivity contribution in [2.75, 3.05) is 0 Å². The topological polar surface area (TPSA) is 35.8 Å². The van der Waals surface area contributed by atoms with Crippen LogP contribution in [0.4, 0.5) is 8.78 Å². The van der Waals surface area contributed by atoms with Gasteiger partial charge < -0.3 is 0 Å². The van der Waals surface area contributed by atoms with Gasteiger partial charge in [-0.25, -0.2) is 8.78 Å². The fourth-order valence-electron chi connectivity index (χ4n) is 2.96. The van der Waals surface area contributed by atoms with Crippen molar-refractivity contribution in [3.63, 3.8) is 0 Å². The van der Waals surface area contributed by atoms with Gasteiger partial charge in [0.15, 0.2) is 0 Å². The molecule has 1 N–H and O–H groups in total. The highest BCUT2D eigenvalue weighted by Crippen LogP contribution is 2.40. The number of hydrogen-bond donors (Lipinski definition) is 1. The van der Waals surface area contributed by atoms with Gasteiger partial charge >= 0.3 is 0 Å². The average molecular weight is 308 g/mol. The molecule has 0 heterocycles. The summed E-state index contributed by atoms with van der Waals surface area (Å²) in [6.45, 7) is 0. The van der Waals surface area contributed by atoms with E-state index >= 15 is 0 Å². The highest BCUT2D eigenvalue weighted by molar-refractivity contribution is 8.00. The molecule has 0 bridgehead atoms. The van der Waals surface area contributed by atoms with Crippen LogP contribution in [0.3, 0.4) is 0 Å². The molecule has 2 unspecified atom stereocenters. The Labute approximate surface area is 127 Å². The first-order chi connectivity index (χ1) is 10.1. The van der Waals surface area contributed by atoms with Crippen molar-refractivity contribution in [2.24, 2.45) is 0 Å². The quantitative estimate of drug-likeness (QED) is 0.913. The number of rotatable bonds is 4. The number of benzene rings is 1. The summed E-state index contributed by atoms with van der Waals surface area (Å²) >= 11 is 1.43. The Morgan fingerprint density at radius 2 is 2.10 bits per heavy atom. The second-order valence-corrected chi connectivity index (χ2v) is 7.37. The van der Waals surface area contributed by atoms with Gasteiger partial charge in [-0.1, -0.05) is 0 Å². The van der Waals surface area contributed by atoms with E-state index in [0.717, 1.165) is 44.6 Å². The smallest absolute Gasteiger partial charge is 0.139 e. The molecule has 2 aliphatic rings. The minimum Gasteiger partial charge on any atom is -0.297 e. The third-order valence-electron chi connectivity index (χ3n) is 4.17. The number of halogens is 2. The van der Waals surface area contributed by atoms with E-state index in [4.69, 9.17) is 0 Å². The Morgan fingerprint density at radius 3 is 2.76 bits per heavy atom. The summed E-state index contributed by atoms with van der Waals surface area (Å²) in [5.41, 5.74) is -0.465. The Morgan fingerprint density at radius 1 is 1.29 bits per heavy atom. The molecule has 5 heteroatoms. The van der Waals surface area contributed by atoms with Crippen LogP contribution in [-0.4, -0.2) is 16.8 Å². The van der Waals surface area contributed by atoms with Crippen LogP contribution in [0.15, 0.2) is 23.1 Å². The zero-order chi connectivity index (χ0) is 14.9. The Hall–Kier alpha value is -1.12. The van der Waals surface area contributed by atoms with Crippen LogP contribution in [0.1, 0.15) is 38.5 Å². The molecule has 21 heavy (non-hydrogen) atoms. The molecule has 0 radical (unpaired) electrons. The van der Waals surface area contributed by atoms with E-state index in [0.29, 0.717) is 10.9 Å². The second kappa shape index (κ2) is 5.94. The summed E-state index contributed by atoms with van der Waals surface area (Å²) in [6, 6.07) is 6.63. The van der Waals surface area contributed by atoms with Crippen LogP contribution in [0.25, 0.3) is 0 Å². The van der Waals surface area contributed by atoms with Gasteiger partial charge in [0, 0.05) is 22.3 Å². The monoisotopic (exact) mass is 308 g/mol. The van der Waals surface area contributed by atoms with Crippen molar-refractivity contribution in [1.82, 2.24) is 5.32 Å². The van der Waals surface area contributed by atoms with E-state index in [9.17, 15) is 14.0 Å². The molecule has 2 fully saturated rings. The fraction of sp³-hybridized carbons (Fsp3) is 0.562. The molecule has 1 aromatic carbocycles. The van der Waals surface area contributed by atoms with Crippen LogP contribution in [0, 0.1) is 23.0 Å². The van der Waals surface area contributed by atoms with Gasteiger partial charge in [-0.2, -0.15) is 5.26 Å². The van der Waals surface area contributed by atoms with Crippen LogP contribution >= 0.6 is 11.8 Å². The van der Waals surface area contributed by atoms with Crippen LogP contribution in [0.5, 0.6) is 0 Å². The first kappa shape index (κ1) is 14.8. The van der Waals surface area contributed by atoms with Crippen molar-refractivity contribution >= 4 is 11.8 Å². The molecule has 2 nitrogen and oxygen atoms in total. The lowest BCUT2D eigenvalue weighted by atomic mass is 9.82. The SMILES string of the molecule is N#CC1(NC2CC2)CCCC(Sc2ccc(F)cc2F)C1. The van der Waals surface area contributed by atoms with E-state index in [1.807, 2.05) is 0 Å². The first-order valence-corrected chi connectivity index (χ1v) is 8.29. The lowest BCUT2D eigenvalue weighted by Crippen LogP contribution is -2.49. The van der Waals surface area contributed by atoms with Crippen molar-refractivity contribution in [3.8, 4) is 6.07 Å². The molecule has 3 rings (SSSR count). The highest BCUT2D eigenvalue weighted by Gasteiger charge is 2.40. The molecule has 0 saturated heterocycles. The minimum absolute atomic E-state index is 0.199. The van der Waals surface area contributed by atoms with E-state index < -0.39 is 17.2 Å². The minimum atomic E-state index is -0.553. The maximum atomic E-state index is 13.8. The van der Waals surface area contributed by atoms with E-state index in [-0.39, 0.29) is 5.25 Å². The van der Waals surface area contributed by atoms with Crippen LogP contribution < -0.4 is 5.32 Å². The van der Waals surface area contributed by atoms with Gasteiger partial charge in [0.05, 0.1) is 6.07 Å². The summed E-state index contributed by atoms with van der Waals surface area (Å²) in [6.07, 6.45) is 5.82. The molecule has 2 atom stereocenters. The number of nitrogens with zero attached hydrogens (tertiary/aromatic N) is 1. The van der Waals surface area contributed by atoms with Crippen molar-refractivity contribution < 1.29 is 8.78 Å². The Balaban J connectivity index is 1.69. The summed E-state index contributed by atoms with van der Waals surface area (Å²) in [7, 11) is 0. The van der Waals surface area contributed by atoms with E-state index in [1.165, 1.54) is 23.9 Å². The summed E-state index contributed by atoms with van der Waals surface area (Å²) in [5, 5.41) is 13.2. The fourth-order valence-corrected chi connectivity index (χ4v) is 4.29. The summed E-state index contributed by atoms with van der Waals surface area (Å²) < 4.78 is 26.7. The largest absolute Gasteiger partial charge is 0.297 e. The van der Waals surface area contributed by atoms with Crippen LogP contribution in [0.2, 0.25) is 0 Å². The highest BCUT2D eigenvalue weighted by atomic mass is 32.2. The summed E-state index contributed by atoms with van der Waals surface area (Å²) in [4.78, 5) is 0.474. The number of hydrogen-bond acceptors (Lipinski definition) is 3. The average Bonchev–Trinajstić information content (AvgIpc) is 3.26. The molecule has 1 aromatic rings. The Bertz CT molecular complexity index is 568. The molecular weight excluding hydrogens is 290 g/mol. The molecule has 2 aliphatic carbocycles. The number of nitriles is 1.